The Kier molecular flexibility index (Phi) is 3.96. The molecule has 2 atom stereocenters. The lowest BCUT2D eigenvalue weighted by atomic mass is 9.99. The second-order valence-electron chi connectivity index (χ2n) is 3.25. The minimum absolute atomic E-state index is 0.0462. The summed E-state index contributed by atoms with van der Waals surface area (Å²) >= 11 is 0. The largest absolute Gasteiger partial charge is 0.377 e. The van der Waals surface area contributed by atoms with E-state index in [9.17, 15) is 4.79 Å². The third-order valence-electron chi connectivity index (χ3n) is 2.37. The number of carbonyl (C=O) groups excluding carboxylic acids is 1. The molecule has 0 aliphatic carbocycles. The third kappa shape index (κ3) is 2.56. The van der Waals surface area contributed by atoms with Crippen molar-refractivity contribution in [2.75, 3.05) is 13.2 Å². The first-order chi connectivity index (χ1) is 6.29. The average molecular weight is 183 g/mol. The molecule has 0 spiro atoms. The van der Waals surface area contributed by atoms with E-state index in [0.717, 1.165) is 12.8 Å². The quantitative estimate of drug-likeness (QED) is 0.663. The molecule has 0 aromatic rings. The molecule has 3 nitrogen and oxygen atoms in total. The Labute approximate surface area is 79.2 Å². The van der Waals surface area contributed by atoms with Crippen LogP contribution in [0.5, 0.6) is 0 Å². The molecule has 1 heterocycles. The zero-order valence-corrected chi connectivity index (χ0v) is 8.08. The Hall–Kier alpha value is -0.830. The van der Waals surface area contributed by atoms with E-state index in [4.69, 9.17) is 4.74 Å². The van der Waals surface area contributed by atoms with Crippen LogP contribution in [-0.2, 0) is 9.53 Å². The van der Waals surface area contributed by atoms with E-state index in [0.29, 0.717) is 13.2 Å². The van der Waals surface area contributed by atoms with Gasteiger partial charge in [-0.05, 0) is 12.8 Å². The molecule has 1 aliphatic rings. The summed E-state index contributed by atoms with van der Waals surface area (Å²) in [5.41, 5.74) is 0. The Morgan fingerprint density at radius 1 is 1.77 bits per heavy atom. The van der Waals surface area contributed by atoms with Crippen LogP contribution in [0.1, 0.15) is 19.8 Å². The van der Waals surface area contributed by atoms with Gasteiger partial charge in [-0.15, -0.1) is 6.58 Å². The number of carbonyl (C=O) groups is 1. The maximum atomic E-state index is 11.5. The van der Waals surface area contributed by atoms with Crippen LogP contribution >= 0.6 is 0 Å². The van der Waals surface area contributed by atoms with Crippen LogP contribution in [0.15, 0.2) is 12.7 Å². The fourth-order valence-electron chi connectivity index (χ4n) is 1.65. The summed E-state index contributed by atoms with van der Waals surface area (Å²) in [6.07, 6.45) is 3.56. The van der Waals surface area contributed by atoms with Crippen molar-refractivity contribution >= 4 is 5.91 Å². The lowest BCUT2D eigenvalue weighted by Crippen LogP contribution is -2.34. The van der Waals surface area contributed by atoms with Gasteiger partial charge in [0.05, 0.1) is 12.0 Å². The Morgan fingerprint density at radius 3 is 3.15 bits per heavy atom. The molecule has 1 N–H and O–H groups in total. The molecular weight excluding hydrogens is 166 g/mol. The van der Waals surface area contributed by atoms with Gasteiger partial charge in [0.1, 0.15) is 0 Å². The fraction of sp³-hybridized carbons (Fsp3) is 0.700. The standard InChI is InChI=1S/C10H17NO2/c1-3-6-11-10(12)8-5-7-13-9(8)4-2/h3,8-9H,1,4-7H2,2H3,(H,11,12). The van der Waals surface area contributed by atoms with Crippen LogP contribution in [0.4, 0.5) is 0 Å². The minimum atomic E-state index is 0.0462. The van der Waals surface area contributed by atoms with Crippen molar-refractivity contribution in [3.63, 3.8) is 0 Å². The predicted molar refractivity (Wildman–Crippen MR) is 51.3 cm³/mol. The molecule has 1 rings (SSSR count). The summed E-state index contributed by atoms with van der Waals surface area (Å²) in [4.78, 5) is 11.5. The van der Waals surface area contributed by atoms with Gasteiger partial charge in [-0.2, -0.15) is 0 Å². The van der Waals surface area contributed by atoms with E-state index >= 15 is 0 Å². The van der Waals surface area contributed by atoms with Crippen molar-refractivity contribution in [1.29, 1.82) is 0 Å². The van der Waals surface area contributed by atoms with Gasteiger partial charge in [0.25, 0.3) is 0 Å². The maximum absolute atomic E-state index is 11.5. The molecule has 1 amide bonds. The summed E-state index contributed by atoms with van der Waals surface area (Å²) in [6.45, 7) is 6.86. The highest BCUT2D eigenvalue weighted by atomic mass is 16.5. The molecule has 0 radical (unpaired) electrons. The molecule has 0 bridgehead atoms. The van der Waals surface area contributed by atoms with Gasteiger partial charge in [0, 0.05) is 13.2 Å². The van der Waals surface area contributed by atoms with Gasteiger partial charge in [-0.1, -0.05) is 13.0 Å². The van der Waals surface area contributed by atoms with E-state index in [2.05, 4.69) is 11.9 Å². The number of ether oxygens (including phenoxy) is 1. The van der Waals surface area contributed by atoms with Crippen molar-refractivity contribution in [2.45, 2.75) is 25.9 Å². The monoisotopic (exact) mass is 183 g/mol. The molecule has 3 heteroatoms. The van der Waals surface area contributed by atoms with Crippen molar-refractivity contribution in [1.82, 2.24) is 5.32 Å². The Morgan fingerprint density at radius 2 is 2.54 bits per heavy atom. The average Bonchev–Trinajstić information content (AvgIpc) is 2.61. The maximum Gasteiger partial charge on any atom is 0.226 e. The number of amides is 1. The summed E-state index contributed by atoms with van der Waals surface area (Å²) in [7, 11) is 0. The number of hydrogen-bond donors (Lipinski definition) is 1. The molecule has 1 aliphatic heterocycles. The zero-order valence-electron chi connectivity index (χ0n) is 8.08. The normalized spacial score (nSPS) is 27.2. The summed E-state index contributed by atoms with van der Waals surface area (Å²) in [5, 5.41) is 2.80. The molecule has 1 saturated heterocycles. The molecular formula is C10H17NO2. The van der Waals surface area contributed by atoms with E-state index < -0.39 is 0 Å². The van der Waals surface area contributed by atoms with Gasteiger partial charge in [0.15, 0.2) is 0 Å². The zero-order chi connectivity index (χ0) is 9.68. The molecule has 0 saturated carbocycles. The second-order valence-corrected chi connectivity index (χ2v) is 3.25. The first-order valence-electron chi connectivity index (χ1n) is 4.79. The van der Waals surface area contributed by atoms with Gasteiger partial charge < -0.3 is 10.1 Å². The minimum Gasteiger partial charge on any atom is -0.377 e. The Bertz CT molecular complexity index is 191. The van der Waals surface area contributed by atoms with Crippen LogP contribution < -0.4 is 5.32 Å². The summed E-state index contributed by atoms with van der Waals surface area (Å²) < 4.78 is 5.43. The number of hydrogen-bond acceptors (Lipinski definition) is 2. The molecule has 2 unspecified atom stereocenters. The van der Waals surface area contributed by atoms with E-state index in [1.807, 2.05) is 6.92 Å². The highest BCUT2D eigenvalue weighted by Gasteiger charge is 2.32. The summed E-state index contributed by atoms with van der Waals surface area (Å²) in [6, 6.07) is 0. The first-order valence-corrected chi connectivity index (χ1v) is 4.79. The third-order valence-corrected chi connectivity index (χ3v) is 2.37. The molecule has 74 valence electrons. The van der Waals surface area contributed by atoms with Gasteiger partial charge in [0.2, 0.25) is 5.91 Å². The summed E-state index contributed by atoms with van der Waals surface area (Å²) in [5.74, 6) is 0.147. The van der Waals surface area contributed by atoms with Gasteiger partial charge in [-0.25, -0.2) is 0 Å². The molecule has 0 aromatic heterocycles. The van der Waals surface area contributed by atoms with Crippen LogP contribution in [0.2, 0.25) is 0 Å². The number of rotatable bonds is 4. The van der Waals surface area contributed by atoms with Crippen molar-refractivity contribution < 1.29 is 9.53 Å². The molecule has 0 aromatic carbocycles. The topological polar surface area (TPSA) is 38.3 Å². The number of nitrogens with one attached hydrogen (secondary N) is 1. The van der Waals surface area contributed by atoms with E-state index in [1.165, 1.54) is 0 Å². The smallest absolute Gasteiger partial charge is 0.226 e. The van der Waals surface area contributed by atoms with Crippen LogP contribution in [0.25, 0.3) is 0 Å². The SMILES string of the molecule is C=CCNC(=O)C1CCOC1CC. The predicted octanol–water partition coefficient (Wildman–Crippen LogP) is 1.10. The van der Waals surface area contributed by atoms with Crippen LogP contribution in [0.3, 0.4) is 0 Å². The van der Waals surface area contributed by atoms with Crippen molar-refractivity contribution in [3.8, 4) is 0 Å². The molecule has 1 fully saturated rings. The van der Waals surface area contributed by atoms with Crippen LogP contribution in [0, 0.1) is 5.92 Å². The van der Waals surface area contributed by atoms with Crippen molar-refractivity contribution in [2.24, 2.45) is 5.92 Å². The van der Waals surface area contributed by atoms with E-state index in [-0.39, 0.29) is 17.9 Å². The van der Waals surface area contributed by atoms with Gasteiger partial charge >= 0.3 is 0 Å². The lowest BCUT2D eigenvalue weighted by Gasteiger charge is -2.15. The van der Waals surface area contributed by atoms with Crippen LogP contribution in [-0.4, -0.2) is 25.2 Å². The highest BCUT2D eigenvalue weighted by Crippen LogP contribution is 2.23. The lowest BCUT2D eigenvalue weighted by molar-refractivity contribution is -0.126. The van der Waals surface area contributed by atoms with E-state index in [1.54, 1.807) is 6.08 Å². The second kappa shape index (κ2) is 5.02. The van der Waals surface area contributed by atoms with Crippen molar-refractivity contribution in [3.05, 3.63) is 12.7 Å². The first kappa shape index (κ1) is 10.3. The van der Waals surface area contributed by atoms with Gasteiger partial charge in [-0.3, -0.25) is 4.79 Å². The fourth-order valence-corrected chi connectivity index (χ4v) is 1.65. The molecule has 13 heavy (non-hydrogen) atoms. The highest BCUT2D eigenvalue weighted by molar-refractivity contribution is 5.79. The Balaban J connectivity index is 2.40.